The summed E-state index contributed by atoms with van der Waals surface area (Å²) in [6.07, 6.45) is 0. The van der Waals surface area contributed by atoms with Crippen molar-refractivity contribution in [1.82, 2.24) is 0 Å². The lowest BCUT2D eigenvalue weighted by molar-refractivity contribution is 0.0601. The van der Waals surface area contributed by atoms with E-state index in [1.54, 1.807) is 24.3 Å². The molecule has 0 aliphatic heterocycles. The van der Waals surface area contributed by atoms with E-state index in [4.69, 9.17) is 0 Å². The van der Waals surface area contributed by atoms with Crippen LogP contribution in [0.5, 0.6) is 0 Å². The largest absolute Gasteiger partial charge is 0.465 e. The predicted octanol–water partition coefficient (Wildman–Crippen LogP) is 1.79. The zero-order valence-electron chi connectivity index (χ0n) is 7.71. The minimum Gasteiger partial charge on any atom is -0.465 e. The fraction of sp³-hybridized carbons (Fsp3) is 0.182. The molecule has 0 unspecified atom stereocenters. The van der Waals surface area contributed by atoms with Gasteiger partial charge in [0.25, 0.3) is 0 Å². The molecule has 0 bridgehead atoms. The molecule has 0 saturated carbocycles. The molecule has 3 heteroatoms. The SMILES string of the molecule is COC(=O)c1ccc(C#CCF)cc1. The van der Waals surface area contributed by atoms with E-state index in [9.17, 15) is 9.18 Å². The van der Waals surface area contributed by atoms with Gasteiger partial charge in [-0.2, -0.15) is 0 Å². The Hall–Kier alpha value is -1.82. The lowest BCUT2D eigenvalue weighted by atomic mass is 10.1. The maximum absolute atomic E-state index is 11.7. The van der Waals surface area contributed by atoms with E-state index in [0.717, 1.165) is 0 Å². The molecule has 1 aromatic rings. The Labute approximate surface area is 81.7 Å². The summed E-state index contributed by atoms with van der Waals surface area (Å²) in [5.41, 5.74) is 1.13. The third kappa shape index (κ3) is 2.60. The van der Waals surface area contributed by atoms with Crippen LogP contribution >= 0.6 is 0 Å². The van der Waals surface area contributed by atoms with E-state index in [1.165, 1.54) is 7.11 Å². The molecule has 0 saturated heterocycles. The first-order chi connectivity index (χ1) is 6.77. The van der Waals surface area contributed by atoms with Gasteiger partial charge in [-0.25, -0.2) is 9.18 Å². The maximum atomic E-state index is 11.7. The molecule has 1 rings (SSSR count). The van der Waals surface area contributed by atoms with Gasteiger partial charge >= 0.3 is 5.97 Å². The summed E-state index contributed by atoms with van der Waals surface area (Å²) in [4.78, 5) is 11.0. The molecule has 0 aliphatic rings. The normalized spacial score (nSPS) is 8.71. The molecule has 0 aromatic heterocycles. The Morgan fingerprint density at radius 3 is 2.57 bits per heavy atom. The van der Waals surface area contributed by atoms with E-state index in [0.29, 0.717) is 11.1 Å². The Morgan fingerprint density at radius 1 is 1.43 bits per heavy atom. The van der Waals surface area contributed by atoms with Crippen molar-refractivity contribution in [2.75, 3.05) is 13.8 Å². The summed E-state index contributed by atoms with van der Waals surface area (Å²) >= 11 is 0. The Bertz CT molecular complexity index is 371. The molecule has 0 amide bonds. The van der Waals surface area contributed by atoms with E-state index in [1.807, 2.05) is 0 Å². The molecular formula is C11H9FO2. The molecule has 72 valence electrons. The highest BCUT2D eigenvalue weighted by Gasteiger charge is 2.02. The average molecular weight is 192 g/mol. The molecule has 0 radical (unpaired) electrons. The second kappa shape index (κ2) is 5.03. The van der Waals surface area contributed by atoms with Crippen molar-refractivity contribution < 1.29 is 13.9 Å². The van der Waals surface area contributed by atoms with Gasteiger partial charge in [0.1, 0.15) is 0 Å². The van der Waals surface area contributed by atoms with Gasteiger partial charge in [-0.05, 0) is 24.3 Å². The lowest BCUT2D eigenvalue weighted by Gasteiger charge is -1.97. The number of carbonyl (C=O) groups is 1. The number of carbonyl (C=O) groups excluding carboxylic acids is 1. The molecule has 0 fully saturated rings. The summed E-state index contributed by atoms with van der Waals surface area (Å²) in [6, 6.07) is 6.48. The van der Waals surface area contributed by atoms with Gasteiger partial charge in [-0.15, -0.1) is 0 Å². The van der Waals surface area contributed by atoms with Crippen LogP contribution in [0.2, 0.25) is 0 Å². The first-order valence-electron chi connectivity index (χ1n) is 4.01. The molecule has 1 aromatic carbocycles. The highest BCUT2D eigenvalue weighted by Crippen LogP contribution is 2.04. The van der Waals surface area contributed by atoms with Crippen molar-refractivity contribution in [2.24, 2.45) is 0 Å². The van der Waals surface area contributed by atoms with Crippen LogP contribution in [0.1, 0.15) is 15.9 Å². The van der Waals surface area contributed by atoms with Crippen molar-refractivity contribution in [1.29, 1.82) is 0 Å². The summed E-state index contributed by atoms with van der Waals surface area (Å²) in [6.45, 7) is -0.668. The van der Waals surface area contributed by atoms with Crippen molar-refractivity contribution in [2.45, 2.75) is 0 Å². The molecule has 14 heavy (non-hydrogen) atoms. The van der Waals surface area contributed by atoms with Gasteiger partial charge in [0.2, 0.25) is 0 Å². The number of methoxy groups -OCH3 is 1. The van der Waals surface area contributed by atoms with Crippen molar-refractivity contribution in [3.63, 3.8) is 0 Å². The zero-order chi connectivity index (χ0) is 10.4. The maximum Gasteiger partial charge on any atom is 0.337 e. The number of esters is 1. The minimum absolute atomic E-state index is 0.394. The number of hydrogen-bond acceptors (Lipinski definition) is 2. The Balaban J connectivity index is 2.83. The average Bonchev–Trinajstić information content (AvgIpc) is 2.26. The van der Waals surface area contributed by atoms with Crippen LogP contribution in [0.25, 0.3) is 0 Å². The second-order valence-corrected chi connectivity index (χ2v) is 2.50. The number of hydrogen-bond donors (Lipinski definition) is 0. The van der Waals surface area contributed by atoms with E-state index >= 15 is 0 Å². The topological polar surface area (TPSA) is 26.3 Å². The fourth-order valence-electron chi connectivity index (χ4n) is 0.943. The monoisotopic (exact) mass is 192 g/mol. The molecule has 0 aliphatic carbocycles. The molecule has 0 heterocycles. The number of rotatable bonds is 1. The Kier molecular flexibility index (Phi) is 3.69. The smallest absolute Gasteiger partial charge is 0.337 e. The molecule has 0 N–H and O–H groups in total. The highest BCUT2D eigenvalue weighted by atomic mass is 19.1. The first-order valence-corrected chi connectivity index (χ1v) is 4.01. The number of alkyl halides is 1. The quantitative estimate of drug-likeness (QED) is 0.501. The van der Waals surface area contributed by atoms with Gasteiger partial charge in [0, 0.05) is 5.56 Å². The van der Waals surface area contributed by atoms with Crippen LogP contribution in [-0.4, -0.2) is 19.8 Å². The van der Waals surface area contributed by atoms with Gasteiger partial charge in [-0.1, -0.05) is 11.8 Å². The third-order valence-electron chi connectivity index (χ3n) is 1.61. The van der Waals surface area contributed by atoms with Gasteiger partial charge in [0.05, 0.1) is 12.7 Å². The van der Waals surface area contributed by atoms with Crippen LogP contribution < -0.4 is 0 Å². The summed E-state index contributed by atoms with van der Waals surface area (Å²) in [7, 11) is 1.32. The van der Waals surface area contributed by atoms with E-state index < -0.39 is 12.6 Å². The standard InChI is InChI=1S/C11H9FO2/c1-14-11(13)10-6-4-9(5-7-10)3-2-8-12/h4-7H,8H2,1H3. The molecule has 2 nitrogen and oxygen atoms in total. The van der Waals surface area contributed by atoms with Crippen LogP contribution in [0.4, 0.5) is 4.39 Å². The van der Waals surface area contributed by atoms with Crippen LogP contribution in [0.3, 0.4) is 0 Å². The van der Waals surface area contributed by atoms with Crippen LogP contribution in [0.15, 0.2) is 24.3 Å². The van der Waals surface area contributed by atoms with Gasteiger partial charge in [0.15, 0.2) is 6.67 Å². The minimum atomic E-state index is -0.668. The number of benzene rings is 1. The van der Waals surface area contributed by atoms with Gasteiger partial charge in [-0.3, -0.25) is 0 Å². The van der Waals surface area contributed by atoms with Crippen LogP contribution in [0, 0.1) is 11.8 Å². The molecule has 0 atom stereocenters. The highest BCUT2D eigenvalue weighted by molar-refractivity contribution is 5.89. The third-order valence-corrected chi connectivity index (χ3v) is 1.61. The summed E-state index contributed by atoms with van der Waals surface area (Å²) in [5, 5.41) is 0. The number of ether oxygens (including phenoxy) is 1. The summed E-state index contributed by atoms with van der Waals surface area (Å²) in [5.74, 6) is 4.50. The van der Waals surface area contributed by atoms with Gasteiger partial charge < -0.3 is 4.74 Å². The fourth-order valence-corrected chi connectivity index (χ4v) is 0.943. The van der Waals surface area contributed by atoms with E-state index in [2.05, 4.69) is 16.6 Å². The molecule has 0 spiro atoms. The van der Waals surface area contributed by atoms with Crippen molar-refractivity contribution in [3.8, 4) is 11.8 Å². The zero-order valence-corrected chi connectivity index (χ0v) is 7.71. The summed E-state index contributed by atoms with van der Waals surface area (Å²) < 4.78 is 16.2. The first kappa shape index (κ1) is 10.3. The van der Waals surface area contributed by atoms with E-state index in [-0.39, 0.29) is 0 Å². The number of halogens is 1. The molecular weight excluding hydrogens is 183 g/mol. The second-order valence-electron chi connectivity index (χ2n) is 2.50. The Morgan fingerprint density at radius 2 is 2.07 bits per heavy atom. The van der Waals surface area contributed by atoms with Crippen LogP contribution in [-0.2, 0) is 4.74 Å². The predicted molar refractivity (Wildman–Crippen MR) is 50.6 cm³/mol. The lowest BCUT2D eigenvalue weighted by Crippen LogP contribution is -2.00. The van der Waals surface area contributed by atoms with Crippen molar-refractivity contribution >= 4 is 5.97 Å². The van der Waals surface area contributed by atoms with Crippen molar-refractivity contribution in [3.05, 3.63) is 35.4 Å².